The Bertz CT molecular complexity index is 1000. The number of esters is 1. The molecule has 7 heteroatoms. The molecule has 28 heavy (non-hydrogen) atoms. The van der Waals surface area contributed by atoms with Gasteiger partial charge in [-0.3, -0.25) is 9.59 Å². The number of amides is 1. The lowest BCUT2D eigenvalue weighted by atomic mass is 10.0. The number of hydrogen-bond acceptors (Lipinski definition) is 6. The maximum absolute atomic E-state index is 12.8. The molecule has 5 nitrogen and oxygen atoms in total. The highest BCUT2D eigenvalue weighted by Crippen LogP contribution is 2.38. The highest BCUT2D eigenvalue weighted by Gasteiger charge is 2.32. The number of benzene rings is 1. The summed E-state index contributed by atoms with van der Waals surface area (Å²) in [5.74, 6) is -0.920. The van der Waals surface area contributed by atoms with Gasteiger partial charge >= 0.3 is 5.97 Å². The standard InChI is InChI=1S/C21H17NO4S2/c23-16(17-7-4-10-27-17)11-26-21(25)18-15(13-5-2-1-3-6-13)12-28-20(18)22-19(24)14-8-9-14/h1-7,10,12,14H,8-9,11H2,(H,22,24). The maximum atomic E-state index is 12.8. The predicted octanol–water partition coefficient (Wildman–Crippen LogP) is 4.86. The Balaban J connectivity index is 1.58. The van der Waals surface area contributed by atoms with Crippen LogP contribution in [-0.4, -0.2) is 24.3 Å². The van der Waals surface area contributed by atoms with Crippen LogP contribution >= 0.6 is 22.7 Å². The zero-order valence-corrected chi connectivity index (χ0v) is 16.5. The summed E-state index contributed by atoms with van der Waals surface area (Å²) in [6.07, 6.45) is 1.75. The third-order valence-corrected chi connectivity index (χ3v) is 6.20. The summed E-state index contributed by atoms with van der Waals surface area (Å²) in [4.78, 5) is 37.8. The van der Waals surface area contributed by atoms with E-state index in [4.69, 9.17) is 4.74 Å². The van der Waals surface area contributed by atoms with E-state index in [1.807, 2.05) is 35.7 Å². The Labute approximate surface area is 170 Å². The van der Waals surface area contributed by atoms with Crippen molar-refractivity contribution in [2.24, 2.45) is 5.92 Å². The molecule has 0 aliphatic heterocycles. The van der Waals surface area contributed by atoms with Gasteiger partial charge in [0.1, 0.15) is 10.6 Å². The van der Waals surface area contributed by atoms with Gasteiger partial charge in [-0.2, -0.15) is 0 Å². The smallest absolute Gasteiger partial charge is 0.342 e. The lowest BCUT2D eigenvalue weighted by Gasteiger charge is -2.09. The summed E-state index contributed by atoms with van der Waals surface area (Å²) in [6, 6.07) is 12.9. The fraction of sp³-hybridized carbons (Fsp3) is 0.190. The van der Waals surface area contributed by atoms with Crippen LogP contribution in [0.2, 0.25) is 0 Å². The van der Waals surface area contributed by atoms with E-state index in [9.17, 15) is 14.4 Å². The maximum Gasteiger partial charge on any atom is 0.342 e. The quantitative estimate of drug-likeness (QED) is 0.445. The van der Waals surface area contributed by atoms with Gasteiger partial charge in [-0.1, -0.05) is 36.4 Å². The molecule has 1 fully saturated rings. The average Bonchev–Trinajstić information content (AvgIpc) is 3.26. The number of nitrogens with one attached hydrogen (secondary N) is 1. The van der Waals surface area contributed by atoms with E-state index in [2.05, 4.69) is 5.32 Å². The molecule has 2 aromatic heterocycles. The van der Waals surface area contributed by atoms with Crippen LogP contribution in [0.3, 0.4) is 0 Å². The van der Waals surface area contributed by atoms with E-state index >= 15 is 0 Å². The molecule has 1 saturated carbocycles. The van der Waals surface area contributed by atoms with Crippen LogP contribution in [-0.2, 0) is 9.53 Å². The van der Waals surface area contributed by atoms with Gasteiger partial charge in [0.05, 0.1) is 4.88 Å². The molecule has 0 spiro atoms. The van der Waals surface area contributed by atoms with E-state index < -0.39 is 5.97 Å². The molecule has 2 heterocycles. The monoisotopic (exact) mass is 411 g/mol. The molecular formula is C21H17NO4S2. The fourth-order valence-electron chi connectivity index (χ4n) is 2.75. The van der Waals surface area contributed by atoms with Crippen LogP contribution in [0.5, 0.6) is 0 Å². The van der Waals surface area contributed by atoms with Crippen molar-refractivity contribution in [3.8, 4) is 11.1 Å². The first kappa shape index (κ1) is 18.6. The van der Waals surface area contributed by atoms with Gasteiger partial charge in [0.25, 0.3) is 0 Å². The van der Waals surface area contributed by atoms with Gasteiger partial charge in [-0.05, 0) is 29.9 Å². The average molecular weight is 412 g/mol. The van der Waals surface area contributed by atoms with Gasteiger partial charge < -0.3 is 10.1 Å². The van der Waals surface area contributed by atoms with Gasteiger partial charge in [0, 0.05) is 16.9 Å². The van der Waals surface area contributed by atoms with Crippen molar-refractivity contribution < 1.29 is 19.1 Å². The number of thiophene rings is 2. The van der Waals surface area contributed by atoms with E-state index in [1.54, 1.807) is 17.5 Å². The summed E-state index contributed by atoms with van der Waals surface area (Å²) in [6.45, 7) is -0.334. The summed E-state index contributed by atoms with van der Waals surface area (Å²) in [7, 11) is 0. The number of Topliss-reactive ketones (excluding diaryl/α,β-unsaturated/α-hetero) is 1. The molecule has 0 atom stereocenters. The van der Waals surface area contributed by atoms with E-state index in [1.165, 1.54) is 22.7 Å². The van der Waals surface area contributed by atoms with Gasteiger partial charge in [-0.15, -0.1) is 22.7 Å². The fourth-order valence-corrected chi connectivity index (χ4v) is 4.37. The van der Waals surface area contributed by atoms with Crippen LogP contribution in [0, 0.1) is 5.92 Å². The Hall–Kier alpha value is -2.77. The molecule has 4 rings (SSSR count). The van der Waals surface area contributed by atoms with Crippen molar-refractivity contribution in [2.45, 2.75) is 12.8 Å². The summed E-state index contributed by atoms with van der Waals surface area (Å²) < 4.78 is 5.31. The Morgan fingerprint density at radius 1 is 1.04 bits per heavy atom. The first-order valence-electron chi connectivity index (χ1n) is 8.85. The molecule has 1 aromatic carbocycles. The molecule has 3 aromatic rings. The Kier molecular flexibility index (Phi) is 5.36. The SMILES string of the molecule is O=C(COC(=O)c1c(-c2ccccc2)csc1NC(=O)C1CC1)c1cccs1. The van der Waals surface area contributed by atoms with Gasteiger partial charge in [0.15, 0.2) is 6.61 Å². The first-order valence-corrected chi connectivity index (χ1v) is 10.6. The van der Waals surface area contributed by atoms with E-state index in [-0.39, 0.29) is 24.2 Å². The molecule has 1 aliphatic carbocycles. The Morgan fingerprint density at radius 2 is 1.82 bits per heavy atom. The normalized spacial score (nSPS) is 13.1. The predicted molar refractivity (Wildman–Crippen MR) is 110 cm³/mol. The largest absolute Gasteiger partial charge is 0.454 e. The number of hydrogen-bond donors (Lipinski definition) is 1. The number of carbonyl (C=O) groups excluding carboxylic acids is 3. The van der Waals surface area contributed by atoms with E-state index in [0.717, 1.165) is 18.4 Å². The van der Waals surface area contributed by atoms with Crippen LogP contribution in [0.25, 0.3) is 11.1 Å². The van der Waals surface area contributed by atoms with Crippen molar-refractivity contribution in [2.75, 3.05) is 11.9 Å². The third kappa shape index (κ3) is 4.05. The molecule has 0 saturated heterocycles. The lowest BCUT2D eigenvalue weighted by Crippen LogP contribution is -2.17. The molecule has 142 valence electrons. The first-order chi connectivity index (χ1) is 13.6. The second-order valence-electron chi connectivity index (χ2n) is 6.46. The minimum Gasteiger partial charge on any atom is -0.454 e. The topological polar surface area (TPSA) is 72.5 Å². The summed E-state index contributed by atoms with van der Waals surface area (Å²) in [5, 5.41) is 6.94. The molecule has 0 radical (unpaired) electrons. The van der Waals surface area contributed by atoms with Crippen molar-refractivity contribution >= 4 is 45.3 Å². The zero-order valence-electron chi connectivity index (χ0n) is 14.8. The number of ether oxygens (including phenoxy) is 1. The van der Waals surface area contributed by atoms with Crippen LogP contribution in [0.15, 0.2) is 53.2 Å². The van der Waals surface area contributed by atoms with Crippen LogP contribution < -0.4 is 5.32 Å². The molecule has 1 N–H and O–H groups in total. The highest BCUT2D eigenvalue weighted by molar-refractivity contribution is 7.15. The van der Waals surface area contributed by atoms with Gasteiger partial charge in [0.2, 0.25) is 11.7 Å². The molecule has 1 aliphatic rings. The third-order valence-electron chi connectivity index (χ3n) is 4.40. The van der Waals surface area contributed by atoms with Crippen molar-refractivity contribution in [3.05, 3.63) is 63.7 Å². The molecular weight excluding hydrogens is 394 g/mol. The van der Waals surface area contributed by atoms with Crippen LogP contribution in [0.1, 0.15) is 32.9 Å². The second-order valence-corrected chi connectivity index (χ2v) is 8.29. The molecule has 0 bridgehead atoms. The van der Waals surface area contributed by atoms with Crippen LogP contribution in [0.4, 0.5) is 5.00 Å². The van der Waals surface area contributed by atoms with E-state index in [0.29, 0.717) is 21.0 Å². The summed E-state index contributed by atoms with van der Waals surface area (Å²) >= 11 is 2.60. The van der Waals surface area contributed by atoms with Crippen molar-refractivity contribution in [3.63, 3.8) is 0 Å². The highest BCUT2D eigenvalue weighted by atomic mass is 32.1. The van der Waals surface area contributed by atoms with Crippen molar-refractivity contribution in [1.82, 2.24) is 0 Å². The minimum atomic E-state index is -0.615. The number of rotatable bonds is 7. The number of ketones is 1. The molecule has 1 amide bonds. The number of carbonyl (C=O) groups is 3. The second kappa shape index (κ2) is 8.08. The van der Waals surface area contributed by atoms with Gasteiger partial charge in [-0.25, -0.2) is 4.79 Å². The number of anilines is 1. The lowest BCUT2D eigenvalue weighted by molar-refractivity contribution is -0.117. The minimum absolute atomic E-state index is 0.0200. The molecule has 0 unspecified atom stereocenters. The van der Waals surface area contributed by atoms with Crippen molar-refractivity contribution in [1.29, 1.82) is 0 Å². The zero-order chi connectivity index (χ0) is 19.5. The summed E-state index contributed by atoms with van der Waals surface area (Å²) in [5.41, 5.74) is 1.83. The Morgan fingerprint density at radius 3 is 2.50 bits per heavy atom.